The second kappa shape index (κ2) is 5.92. The zero-order chi connectivity index (χ0) is 13.7. The van der Waals surface area contributed by atoms with Crippen molar-refractivity contribution in [2.24, 2.45) is 0 Å². The van der Waals surface area contributed by atoms with Gasteiger partial charge in [-0.05, 0) is 19.1 Å². The molecule has 0 spiro atoms. The number of pyridine rings is 1. The standard InChI is InChI=1S/C13H18N4O2/c1-13(8-18,9-19)15-6-11-7-16-17-12(11)10-3-2-4-14-5-10/h2-5,7,15,18-19H,6,8-9H2,1H3,(H,16,17). The van der Waals surface area contributed by atoms with Crippen LogP contribution in [0.4, 0.5) is 0 Å². The molecule has 0 fully saturated rings. The van der Waals surface area contributed by atoms with Gasteiger partial charge in [-0.15, -0.1) is 0 Å². The highest BCUT2D eigenvalue weighted by molar-refractivity contribution is 5.61. The maximum atomic E-state index is 9.24. The van der Waals surface area contributed by atoms with Crippen LogP contribution < -0.4 is 5.32 Å². The Balaban J connectivity index is 2.13. The van der Waals surface area contributed by atoms with Crippen LogP contribution in [0.15, 0.2) is 30.7 Å². The Kier molecular flexibility index (Phi) is 4.26. The summed E-state index contributed by atoms with van der Waals surface area (Å²) in [6.07, 6.45) is 5.20. The highest BCUT2D eigenvalue weighted by Gasteiger charge is 2.22. The van der Waals surface area contributed by atoms with Crippen molar-refractivity contribution in [2.45, 2.75) is 19.0 Å². The van der Waals surface area contributed by atoms with E-state index in [9.17, 15) is 10.2 Å². The van der Waals surface area contributed by atoms with Gasteiger partial charge in [-0.2, -0.15) is 5.10 Å². The summed E-state index contributed by atoms with van der Waals surface area (Å²) in [4.78, 5) is 4.07. The Labute approximate surface area is 111 Å². The molecule has 102 valence electrons. The molecule has 0 aliphatic carbocycles. The third kappa shape index (κ3) is 3.17. The van der Waals surface area contributed by atoms with E-state index in [1.807, 2.05) is 12.1 Å². The maximum Gasteiger partial charge on any atom is 0.0710 e. The van der Waals surface area contributed by atoms with Crippen LogP contribution >= 0.6 is 0 Å². The minimum absolute atomic E-state index is 0.135. The second-order valence-electron chi connectivity index (χ2n) is 4.74. The van der Waals surface area contributed by atoms with E-state index >= 15 is 0 Å². The number of aliphatic hydroxyl groups excluding tert-OH is 2. The monoisotopic (exact) mass is 262 g/mol. The van der Waals surface area contributed by atoms with Crippen molar-refractivity contribution in [2.75, 3.05) is 13.2 Å². The molecule has 0 radical (unpaired) electrons. The zero-order valence-corrected chi connectivity index (χ0v) is 10.8. The predicted octanol–water partition coefficient (Wildman–Crippen LogP) is 0.305. The van der Waals surface area contributed by atoms with Crippen LogP contribution in [-0.2, 0) is 6.54 Å². The average Bonchev–Trinajstić information content (AvgIpc) is 2.94. The Bertz CT molecular complexity index is 508. The lowest BCUT2D eigenvalue weighted by atomic mass is 10.0. The molecule has 6 heteroatoms. The van der Waals surface area contributed by atoms with Gasteiger partial charge in [-0.3, -0.25) is 10.1 Å². The van der Waals surface area contributed by atoms with Crippen LogP contribution in [0.5, 0.6) is 0 Å². The van der Waals surface area contributed by atoms with Gasteiger partial charge in [0.25, 0.3) is 0 Å². The van der Waals surface area contributed by atoms with Crippen LogP contribution in [0, 0.1) is 0 Å². The quantitative estimate of drug-likeness (QED) is 0.601. The first-order valence-corrected chi connectivity index (χ1v) is 6.08. The first-order chi connectivity index (χ1) is 9.18. The van der Waals surface area contributed by atoms with E-state index in [2.05, 4.69) is 20.5 Å². The molecule has 6 nitrogen and oxygen atoms in total. The van der Waals surface area contributed by atoms with Crippen LogP contribution in [0.3, 0.4) is 0 Å². The van der Waals surface area contributed by atoms with Crippen molar-refractivity contribution < 1.29 is 10.2 Å². The van der Waals surface area contributed by atoms with Gasteiger partial charge >= 0.3 is 0 Å². The molecule has 0 aliphatic heterocycles. The van der Waals surface area contributed by atoms with Crippen molar-refractivity contribution in [3.05, 3.63) is 36.3 Å². The van der Waals surface area contributed by atoms with Gasteiger partial charge in [-0.25, -0.2) is 0 Å². The fourth-order valence-corrected chi connectivity index (χ4v) is 1.68. The van der Waals surface area contributed by atoms with Gasteiger partial charge in [0.2, 0.25) is 0 Å². The largest absolute Gasteiger partial charge is 0.394 e. The maximum absolute atomic E-state index is 9.24. The minimum Gasteiger partial charge on any atom is -0.394 e. The summed E-state index contributed by atoms with van der Waals surface area (Å²) in [5.74, 6) is 0. The van der Waals surface area contributed by atoms with Crippen molar-refractivity contribution in [1.29, 1.82) is 0 Å². The highest BCUT2D eigenvalue weighted by atomic mass is 16.3. The number of aromatic amines is 1. The molecular weight excluding hydrogens is 244 g/mol. The Morgan fingerprint density at radius 2 is 2.11 bits per heavy atom. The molecule has 0 aromatic carbocycles. The van der Waals surface area contributed by atoms with Crippen molar-refractivity contribution in [3.8, 4) is 11.3 Å². The Morgan fingerprint density at radius 1 is 1.32 bits per heavy atom. The number of hydrogen-bond acceptors (Lipinski definition) is 5. The third-order valence-electron chi connectivity index (χ3n) is 3.07. The fourth-order valence-electron chi connectivity index (χ4n) is 1.68. The second-order valence-corrected chi connectivity index (χ2v) is 4.74. The zero-order valence-electron chi connectivity index (χ0n) is 10.8. The molecule has 2 heterocycles. The molecule has 0 unspecified atom stereocenters. The fraction of sp³-hybridized carbons (Fsp3) is 0.385. The Morgan fingerprint density at radius 3 is 2.74 bits per heavy atom. The molecule has 0 saturated heterocycles. The summed E-state index contributed by atoms with van der Waals surface area (Å²) >= 11 is 0. The van der Waals surface area contributed by atoms with E-state index in [1.54, 1.807) is 25.5 Å². The van der Waals surface area contributed by atoms with Gasteiger partial charge in [0.1, 0.15) is 0 Å². The van der Waals surface area contributed by atoms with Crippen LogP contribution in [0.25, 0.3) is 11.3 Å². The summed E-state index contributed by atoms with van der Waals surface area (Å²) in [6, 6.07) is 3.81. The number of aliphatic hydroxyl groups is 2. The Hall–Kier alpha value is -1.76. The van der Waals surface area contributed by atoms with E-state index in [1.165, 1.54) is 0 Å². The first kappa shape index (κ1) is 13.7. The van der Waals surface area contributed by atoms with Crippen LogP contribution in [0.1, 0.15) is 12.5 Å². The summed E-state index contributed by atoms with van der Waals surface area (Å²) in [7, 11) is 0. The highest BCUT2D eigenvalue weighted by Crippen LogP contribution is 2.20. The van der Waals surface area contributed by atoms with Crippen molar-refractivity contribution >= 4 is 0 Å². The smallest absolute Gasteiger partial charge is 0.0710 e. The van der Waals surface area contributed by atoms with Gasteiger partial charge in [0, 0.05) is 30.1 Å². The number of H-pyrrole nitrogens is 1. The molecule has 0 saturated carbocycles. The molecule has 0 aliphatic rings. The van der Waals surface area contributed by atoms with E-state index in [0.29, 0.717) is 6.54 Å². The van der Waals surface area contributed by atoms with Gasteiger partial charge in [0.15, 0.2) is 0 Å². The van der Waals surface area contributed by atoms with Gasteiger partial charge < -0.3 is 15.5 Å². The summed E-state index contributed by atoms with van der Waals surface area (Å²) in [6.45, 7) is 1.99. The number of rotatable bonds is 6. The topological polar surface area (TPSA) is 94.1 Å². The minimum atomic E-state index is -0.705. The lowest BCUT2D eigenvalue weighted by Crippen LogP contribution is -2.48. The van der Waals surface area contributed by atoms with Gasteiger partial charge in [0.05, 0.1) is 30.6 Å². The molecule has 0 atom stereocenters. The average molecular weight is 262 g/mol. The third-order valence-corrected chi connectivity index (χ3v) is 3.07. The molecule has 19 heavy (non-hydrogen) atoms. The summed E-state index contributed by atoms with van der Waals surface area (Å²) in [5, 5.41) is 28.6. The van der Waals surface area contributed by atoms with Crippen LogP contribution in [-0.4, -0.2) is 44.1 Å². The molecular formula is C13H18N4O2. The molecule has 0 amide bonds. The van der Waals surface area contributed by atoms with Crippen molar-refractivity contribution in [1.82, 2.24) is 20.5 Å². The number of hydrogen-bond donors (Lipinski definition) is 4. The molecule has 0 bridgehead atoms. The van der Waals surface area contributed by atoms with Crippen LogP contribution in [0.2, 0.25) is 0 Å². The van der Waals surface area contributed by atoms with Gasteiger partial charge in [-0.1, -0.05) is 0 Å². The predicted molar refractivity (Wildman–Crippen MR) is 71.2 cm³/mol. The van der Waals surface area contributed by atoms with E-state index in [4.69, 9.17) is 0 Å². The van der Waals surface area contributed by atoms with E-state index in [-0.39, 0.29) is 13.2 Å². The lowest BCUT2D eigenvalue weighted by Gasteiger charge is -2.26. The number of aromatic nitrogens is 3. The molecule has 2 rings (SSSR count). The first-order valence-electron chi connectivity index (χ1n) is 6.08. The molecule has 2 aromatic heterocycles. The SMILES string of the molecule is CC(CO)(CO)NCc1cn[nH]c1-c1cccnc1. The van der Waals surface area contributed by atoms with E-state index < -0.39 is 5.54 Å². The number of nitrogens with one attached hydrogen (secondary N) is 2. The summed E-state index contributed by atoms with van der Waals surface area (Å²) in [5.41, 5.74) is 2.09. The van der Waals surface area contributed by atoms with E-state index in [0.717, 1.165) is 16.8 Å². The molecule has 2 aromatic rings. The number of nitrogens with zero attached hydrogens (tertiary/aromatic N) is 2. The lowest BCUT2D eigenvalue weighted by molar-refractivity contribution is 0.103. The van der Waals surface area contributed by atoms with Crippen molar-refractivity contribution in [3.63, 3.8) is 0 Å². The normalized spacial score (nSPS) is 11.7. The molecule has 4 N–H and O–H groups in total. The summed E-state index contributed by atoms with van der Waals surface area (Å²) < 4.78 is 0.